The van der Waals surface area contributed by atoms with Gasteiger partial charge in [-0.2, -0.15) is 0 Å². The van der Waals surface area contributed by atoms with Crippen LogP contribution in [0, 0.1) is 0 Å². The van der Waals surface area contributed by atoms with Crippen molar-refractivity contribution in [1.82, 2.24) is 9.55 Å². The second kappa shape index (κ2) is 5.42. The number of hydrogen-bond acceptors (Lipinski definition) is 4. The third kappa shape index (κ3) is 2.62. The summed E-state index contributed by atoms with van der Waals surface area (Å²) in [4.78, 5) is 27.5. The fourth-order valence-electron chi connectivity index (χ4n) is 1.98. The Hall–Kier alpha value is -1.99. The summed E-state index contributed by atoms with van der Waals surface area (Å²) in [5.41, 5.74) is 1.62. The maximum Gasteiger partial charge on any atom is 0.335 e. The van der Waals surface area contributed by atoms with Gasteiger partial charge in [0, 0.05) is 4.47 Å². The number of carbonyl (C=O) groups is 1. The zero-order chi connectivity index (χ0) is 15.0. The van der Waals surface area contributed by atoms with Gasteiger partial charge < -0.3 is 5.11 Å². The number of fused-ring (bicyclic) bond motifs is 1. The molecule has 0 saturated heterocycles. The zero-order valence-corrected chi connectivity index (χ0v) is 13.0. The molecule has 2 heterocycles. The number of carboxylic acid groups (broad SMARTS) is 1. The summed E-state index contributed by atoms with van der Waals surface area (Å²) in [7, 11) is 0. The number of halogens is 1. The molecular weight excluding hydrogens is 356 g/mol. The van der Waals surface area contributed by atoms with Gasteiger partial charge in [-0.25, -0.2) is 9.78 Å². The molecule has 0 spiro atoms. The van der Waals surface area contributed by atoms with Crippen LogP contribution in [0.15, 0.2) is 45.2 Å². The lowest BCUT2D eigenvalue weighted by Crippen LogP contribution is -2.20. The molecule has 0 aliphatic rings. The molecule has 0 bridgehead atoms. The molecule has 0 saturated carbocycles. The van der Waals surface area contributed by atoms with Crippen LogP contribution in [-0.4, -0.2) is 20.6 Å². The fraction of sp³-hybridized carbons (Fsp3) is 0.0714. The van der Waals surface area contributed by atoms with Crippen LogP contribution >= 0.6 is 27.3 Å². The molecule has 2 aromatic heterocycles. The molecule has 0 atom stereocenters. The first-order valence-corrected chi connectivity index (χ1v) is 7.68. The molecule has 3 aromatic rings. The van der Waals surface area contributed by atoms with Crippen LogP contribution in [0.4, 0.5) is 0 Å². The van der Waals surface area contributed by atoms with Crippen molar-refractivity contribution in [2.75, 3.05) is 0 Å². The van der Waals surface area contributed by atoms with Crippen LogP contribution < -0.4 is 5.56 Å². The van der Waals surface area contributed by atoms with Gasteiger partial charge in [0.2, 0.25) is 0 Å². The lowest BCUT2D eigenvalue weighted by molar-refractivity contribution is 0.0697. The summed E-state index contributed by atoms with van der Waals surface area (Å²) in [5.74, 6) is -0.985. The van der Waals surface area contributed by atoms with E-state index in [2.05, 4.69) is 20.9 Å². The summed E-state index contributed by atoms with van der Waals surface area (Å²) < 4.78 is 2.79. The summed E-state index contributed by atoms with van der Waals surface area (Å²) in [6, 6.07) is 6.55. The van der Waals surface area contributed by atoms with Crippen LogP contribution in [0.25, 0.3) is 10.2 Å². The van der Waals surface area contributed by atoms with E-state index in [4.69, 9.17) is 5.11 Å². The molecule has 0 aliphatic heterocycles. The summed E-state index contributed by atoms with van der Waals surface area (Å²) in [6.45, 7) is 0.333. The number of benzene rings is 1. The van der Waals surface area contributed by atoms with E-state index in [1.165, 1.54) is 34.4 Å². The van der Waals surface area contributed by atoms with Gasteiger partial charge in [0.15, 0.2) is 0 Å². The van der Waals surface area contributed by atoms with E-state index < -0.39 is 5.97 Å². The van der Waals surface area contributed by atoms with Crippen LogP contribution in [0.2, 0.25) is 0 Å². The van der Waals surface area contributed by atoms with Crippen molar-refractivity contribution in [3.05, 3.63) is 61.9 Å². The first-order valence-electron chi connectivity index (χ1n) is 6.00. The SMILES string of the molecule is O=C(O)c1ccc(Cn2cnc3ccsc3c2=O)c(Br)c1. The molecule has 0 amide bonds. The van der Waals surface area contributed by atoms with Crippen molar-refractivity contribution in [1.29, 1.82) is 0 Å². The van der Waals surface area contributed by atoms with Gasteiger partial charge in [-0.3, -0.25) is 9.36 Å². The molecule has 106 valence electrons. The molecule has 1 N–H and O–H groups in total. The zero-order valence-electron chi connectivity index (χ0n) is 10.6. The first-order chi connectivity index (χ1) is 10.1. The van der Waals surface area contributed by atoms with E-state index in [1.807, 2.05) is 11.4 Å². The predicted octanol–water partition coefficient (Wildman–Crippen LogP) is 2.97. The van der Waals surface area contributed by atoms with Gasteiger partial charge >= 0.3 is 5.97 Å². The smallest absolute Gasteiger partial charge is 0.335 e. The highest BCUT2D eigenvalue weighted by Gasteiger charge is 2.10. The standard InChI is InChI=1S/C14H9BrN2O3S/c15-10-5-8(14(19)20)1-2-9(10)6-17-7-16-11-3-4-21-12(11)13(17)18/h1-5,7H,6H2,(H,19,20). The minimum Gasteiger partial charge on any atom is -0.478 e. The largest absolute Gasteiger partial charge is 0.478 e. The van der Waals surface area contributed by atoms with Crippen LogP contribution in [0.1, 0.15) is 15.9 Å². The highest BCUT2D eigenvalue weighted by Crippen LogP contribution is 2.20. The fourth-order valence-corrected chi connectivity index (χ4v) is 3.28. The van der Waals surface area contributed by atoms with Gasteiger partial charge in [0.25, 0.3) is 5.56 Å². The molecule has 5 nitrogen and oxygen atoms in total. The number of hydrogen-bond donors (Lipinski definition) is 1. The highest BCUT2D eigenvalue weighted by molar-refractivity contribution is 9.10. The molecule has 0 fully saturated rings. The number of thiophene rings is 1. The third-order valence-corrected chi connectivity index (χ3v) is 4.71. The van der Waals surface area contributed by atoms with Crippen LogP contribution in [0.5, 0.6) is 0 Å². The quantitative estimate of drug-likeness (QED) is 0.775. The molecule has 0 aliphatic carbocycles. The molecule has 7 heteroatoms. The van der Waals surface area contributed by atoms with E-state index in [1.54, 1.807) is 6.07 Å². The molecule has 1 aromatic carbocycles. The predicted molar refractivity (Wildman–Crippen MR) is 84.1 cm³/mol. The molecular formula is C14H9BrN2O3S. The number of aromatic nitrogens is 2. The Morgan fingerprint density at radius 2 is 2.19 bits per heavy atom. The maximum absolute atomic E-state index is 12.3. The monoisotopic (exact) mass is 364 g/mol. The summed E-state index contributed by atoms with van der Waals surface area (Å²) in [5, 5.41) is 10.8. The Kier molecular flexibility index (Phi) is 3.60. The van der Waals surface area contributed by atoms with Crippen molar-refractivity contribution in [2.45, 2.75) is 6.54 Å². The van der Waals surface area contributed by atoms with Crippen molar-refractivity contribution < 1.29 is 9.90 Å². The Bertz CT molecular complexity index is 901. The lowest BCUT2D eigenvalue weighted by atomic mass is 10.1. The number of nitrogens with zero attached hydrogens (tertiary/aromatic N) is 2. The van der Waals surface area contributed by atoms with E-state index in [-0.39, 0.29) is 11.1 Å². The van der Waals surface area contributed by atoms with E-state index in [0.717, 1.165) is 5.56 Å². The Balaban J connectivity index is 2.00. The minimum absolute atomic E-state index is 0.0933. The average Bonchev–Trinajstić information content (AvgIpc) is 2.93. The van der Waals surface area contributed by atoms with Gasteiger partial charge in [0.05, 0.1) is 24.0 Å². The molecule has 0 radical (unpaired) electrons. The van der Waals surface area contributed by atoms with Crippen LogP contribution in [-0.2, 0) is 6.54 Å². The number of aromatic carboxylic acids is 1. The van der Waals surface area contributed by atoms with E-state index in [9.17, 15) is 9.59 Å². The van der Waals surface area contributed by atoms with Crippen molar-refractivity contribution in [3.8, 4) is 0 Å². The van der Waals surface area contributed by atoms with Gasteiger partial charge in [-0.1, -0.05) is 22.0 Å². The number of rotatable bonds is 3. The second-order valence-corrected chi connectivity index (χ2v) is 6.19. The highest BCUT2D eigenvalue weighted by atomic mass is 79.9. The second-order valence-electron chi connectivity index (χ2n) is 4.42. The summed E-state index contributed by atoms with van der Waals surface area (Å²) in [6.07, 6.45) is 1.51. The van der Waals surface area contributed by atoms with Gasteiger partial charge in [-0.05, 0) is 29.1 Å². The molecule has 21 heavy (non-hydrogen) atoms. The Labute approximate surface area is 131 Å². The third-order valence-electron chi connectivity index (χ3n) is 3.08. The molecule has 0 unspecified atom stereocenters. The minimum atomic E-state index is -0.985. The Morgan fingerprint density at radius 3 is 2.90 bits per heavy atom. The van der Waals surface area contributed by atoms with Crippen molar-refractivity contribution in [3.63, 3.8) is 0 Å². The van der Waals surface area contributed by atoms with Gasteiger partial charge in [-0.15, -0.1) is 11.3 Å². The topological polar surface area (TPSA) is 72.2 Å². The summed E-state index contributed by atoms with van der Waals surface area (Å²) >= 11 is 4.71. The lowest BCUT2D eigenvalue weighted by Gasteiger charge is -2.08. The van der Waals surface area contributed by atoms with Crippen molar-refractivity contribution >= 4 is 43.5 Å². The first kappa shape index (κ1) is 14.0. The van der Waals surface area contributed by atoms with E-state index >= 15 is 0 Å². The maximum atomic E-state index is 12.3. The van der Waals surface area contributed by atoms with Gasteiger partial charge in [0.1, 0.15) is 4.70 Å². The van der Waals surface area contributed by atoms with E-state index in [0.29, 0.717) is 21.2 Å². The average molecular weight is 365 g/mol. The van der Waals surface area contributed by atoms with Crippen LogP contribution in [0.3, 0.4) is 0 Å². The van der Waals surface area contributed by atoms with Crippen molar-refractivity contribution in [2.24, 2.45) is 0 Å². The Morgan fingerprint density at radius 1 is 1.38 bits per heavy atom. The normalized spacial score (nSPS) is 10.9. The molecule has 3 rings (SSSR count). The number of carboxylic acids is 1.